The van der Waals surface area contributed by atoms with E-state index in [1.165, 1.54) is 5.69 Å². The first-order valence-corrected chi connectivity index (χ1v) is 14.3. The van der Waals surface area contributed by atoms with Crippen molar-refractivity contribution in [1.82, 2.24) is 30.1 Å². The molecule has 208 valence electrons. The number of aromatic nitrogens is 3. The molecular formula is C29H40N8O2. The predicted molar refractivity (Wildman–Crippen MR) is 153 cm³/mol. The van der Waals surface area contributed by atoms with Crippen LogP contribution in [0.5, 0.6) is 0 Å². The summed E-state index contributed by atoms with van der Waals surface area (Å²) in [5, 5.41) is 7.93. The summed E-state index contributed by atoms with van der Waals surface area (Å²) in [6, 6.07) is 10.3. The fourth-order valence-electron chi connectivity index (χ4n) is 5.66. The normalized spacial score (nSPS) is 18.1. The minimum absolute atomic E-state index is 0.259. The van der Waals surface area contributed by atoms with E-state index in [0.29, 0.717) is 25.4 Å². The van der Waals surface area contributed by atoms with Gasteiger partial charge in [0.05, 0.1) is 5.69 Å². The highest BCUT2D eigenvalue weighted by atomic mass is 16.2. The molecule has 10 heteroatoms. The highest BCUT2D eigenvalue weighted by Crippen LogP contribution is 2.32. The maximum Gasteiger partial charge on any atom is 0.222 e. The second-order valence-electron chi connectivity index (χ2n) is 10.5. The number of pyridine rings is 2. The zero-order valence-corrected chi connectivity index (χ0v) is 22.6. The second-order valence-corrected chi connectivity index (χ2v) is 10.5. The van der Waals surface area contributed by atoms with Gasteiger partial charge in [-0.05, 0) is 63.0 Å². The quantitative estimate of drug-likeness (QED) is 0.351. The average molecular weight is 533 g/mol. The Hall–Kier alpha value is -3.50. The number of piperidine rings is 1. The van der Waals surface area contributed by atoms with E-state index in [9.17, 15) is 9.59 Å². The number of H-pyrrole nitrogens is 1. The second kappa shape index (κ2) is 13.0. The molecule has 0 saturated carbocycles. The first-order chi connectivity index (χ1) is 19.1. The highest BCUT2D eigenvalue weighted by Gasteiger charge is 2.21. The molecule has 5 N–H and O–H groups in total. The van der Waals surface area contributed by atoms with Crippen LogP contribution in [-0.2, 0) is 9.59 Å². The molecule has 39 heavy (non-hydrogen) atoms. The number of rotatable bonds is 8. The number of hydrogen-bond acceptors (Lipinski definition) is 7. The number of nitrogens with zero attached hydrogens (tertiary/aromatic N) is 4. The van der Waals surface area contributed by atoms with Gasteiger partial charge in [0.25, 0.3) is 0 Å². The van der Waals surface area contributed by atoms with E-state index in [1.54, 1.807) is 0 Å². The number of likely N-dealkylation sites (tertiary alicyclic amines) is 2. The van der Waals surface area contributed by atoms with Crippen molar-refractivity contribution in [3.63, 3.8) is 0 Å². The molecule has 3 saturated heterocycles. The third-order valence-corrected chi connectivity index (χ3v) is 7.79. The summed E-state index contributed by atoms with van der Waals surface area (Å²) < 4.78 is 0. The Balaban J connectivity index is 0.000000292. The van der Waals surface area contributed by atoms with E-state index in [0.717, 1.165) is 99.5 Å². The number of carbonyl (C=O) groups is 2. The summed E-state index contributed by atoms with van der Waals surface area (Å²) in [6.07, 6.45) is 7.54. The first-order valence-electron chi connectivity index (χ1n) is 14.3. The predicted octanol–water partition coefficient (Wildman–Crippen LogP) is 2.69. The van der Waals surface area contributed by atoms with Crippen LogP contribution in [0.3, 0.4) is 0 Å². The standard InChI is InChI=1S/C23H28N6O.C6H12N2O/c30-22-5-2-13-29(22)14-12-25-21-4-1-3-19(27-21)17-8-11-26-23-18(17)15-20(28-23)16-6-9-24-10-7-16;7-3-5-8-4-1-2-6(8)9/h1,3-4,8,11,15-16,24H,2,5-7,9-10,12-14H2,(H,25,27)(H,26,28);1-5,7H2. The van der Waals surface area contributed by atoms with E-state index in [4.69, 9.17) is 10.7 Å². The molecule has 0 spiro atoms. The maximum atomic E-state index is 11.8. The Morgan fingerprint density at radius 1 is 1.00 bits per heavy atom. The topological polar surface area (TPSA) is 132 Å². The Labute approximate surface area is 229 Å². The van der Waals surface area contributed by atoms with Crippen molar-refractivity contribution < 1.29 is 9.59 Å². The van der Waals surface area contributed by atoms with Gasteiger partial charge >= 0.3 is 0 Å². The number of anilines is 1. The molecule has 10 nitrogen and oxygen atoms in total. The molecule has 3 fully saturated rings. The SMILES string of the molecule is NCCN1CCCC1=O.O=C1CCCN1CCNc1cccc(-c2ccnc3[nH]c(C4CCNCC4)cc23)n1. The van der Waals surface area contributed by atoms with E-state index >= 15 is 0 Å². The molecule has 2 amide bonds. The van der Waals surface area contributed by atoms with Gasteiger partial charge in [0.1, 0.15) is 11.5 Å². The third kappa shape index (κ3) is 6.75. The van der Waals surface area contributed by atoms with Crippen molar-refractivity contribution in [2.45, 2.75) is 44.4 Å². The maximum absolute atomic E-state index is 11.8. The van der Waals surface area contributed by atoms with Crippen LogP contribution in [0.1, 0.15) is 50.1 Å². The van der Waals surface area contributed by atoms with Crippen molar-refractivity contribution >= 4 is 28.7 Å². The summed E-state index contributed by atoms with van der Waals surface area (Å²) in [7, 11) is 0. The largest absolute Gasteiger partial charge is 0.368 e. The molecule has 0 radical (unpaired) electrons. The number of carbonyl (C=O) groups excluding carboxylic acids is 2. The van der Waals surface area contributed by atoms with Gasteiger partial charge in [0.15, 0.2) is 0 Å². The van der Waals surface area contributed by atoms with Gasteiger partial charge in [-0.25, -0.2) is 9.97 Å². The van der Waals surface area contributed by atoms with Gasteiger partial charge < -0.3 is 31.2 Å². The van der Waals surface area contributed by atoms with Crippen LogP contribution in [0.25, 0.3) is 22.3 Å². The highest BCUT2D eigenvalue weighted by molar-refractivity contribution is 5.92. The molecule has 0 atom stereocenters. The Morgan fingerprint density at radius 2 is 1.74 bits per heavy atom. The number of nitrogens with one attached hydrogen (secondary N) is 3. The van der Waals surface area contributed by atoms with Crippen molar-refractivity contribution in [1.29, 1.82) is 0 Å². The van der Waals surface area contributed by atoms with E-state index < -0.39 is 0 Å². The Bertz CT molecular complexity index is 1270. The van der Waals surface area contributed by atoms with Crippen molar-refractivity contribution in [2.24, 2.45) is 5.73 Å². The fraction of sp³-hybridized carbons (Fsp3) is 0.517. The van der Waals surface area contributed by atoms with Crippen LogP contribution < -0.4 is 16.4 Å². The summed E-state index contributed by atoms with van der Waals surface area (Å²) in [5.74, 6) is 1.91. The van der Waals surface area contributed by atoms with Crippen molar-refractivity contribution in [3.05, 3.63) is 42.2 Å². The molecule has 6 rings (SSSR count). The van der Waals surface area contributed by atoms with Crippen LogP contribution in [0, 0.1) is 0 Å². The van der Waals surface area contributed by atoms with Gasteiger partial charge in [-0.2, -0.15) is 0 Å². The Morgan fingerprint density at radius 3 is 2.44 bits per heavy atom. The minimum atomic E-state index is 0.259. The lowest BCUT2D eigenvalue weighted by Gasteiger charge is -2.21. The lowest BCUT2D eigenvalue weighted by molar-refractivity contribution is -0.128. The van der Waals surface area contributed by atoms with Crippen LogP contribution in [0.2, 0.25) is 0 Å². The third-order valence-electron chi connectivity index (χ3n) is 7.79. The van der Waals surface area contributed by atoms with Crippen LogP contribution in [0.4, 0.5) is 5.82 Å². The lowest BCUT2D eigenvalue weighted by Crippen LogP contribution is -2.30. The monoisotopic (exact) mass is 532 g/mol. The molecule has 3 aromatic heterocycles. The summed E-state index contributed by atoms with van der Waals surface area (Å²) >= 11 is 0. The number of fused-ring (bicyclic) bond motifs is 1. The van der Waals surface area contributed by atoms with Crippen LogP contribution in [0.15, 0.2) is 36.5 Å². The number of amides is 2. The number of nitrogens with two attached hydrogens (primary N) is 1. The molecule has 3 aromatic rings. The fourth-order valence-corrected chi connectivity index (χ4v) is 5.66. The minimum Gasteiger partial charge on any atom is -0.368 e. The van der Waals surface area contributed by atoms with E-state index in [2.05, 4.69) is 26.7 Å². The van der Waals surface area contributed by atoms with Gasteiger partial charge in [-0.3, -0.25) is 9.59 Å². The van der Waals surface area contributed by atoms with Crippen molar-refractivity contribution in [3.8, 4) is 11.3 Å². The van der Waals surface area contributed by atoms with Gasteiger partial charge in [0, 0.05) is 80.9 Å². The van der Waals surface area contributed by atoms with Gasteiger partial charge in [-0.1, -0.05) is 6.07 Å². The molecule has 3 aliphatic rings. The van der Waals surface area contributed by atoms with Gasteiger partial charge in [0.2, 0.25) is 11.8 Å². The van der Waals surface area contributed by atoms with Gasteiger partial charge in [-0.15, -0.1) is 0 Å². The zero-order chi connectivity index (χ0) is 27.0. The molecule has 0 unspecified atom stereocenters. The smallest absolute Gasteiger partial charge is 0.222 e. The van der Waals surface area contributed by atoms with Crippen molar-refractivity contribution in [2.75, 3.05) is 57.7 Å². The summed E-state index contributed by atoms with van der Waals surface area (Å²) in [5.41, 5.74) is 9.50. The lowest BCUT2D eigenvalue weighted by atomic mass is 9.94. The molecule has 3 aliphatic heterocycles. The zero-order valence-electron chi connectivity index (χ0n) is 22.6. The van der Waals surface area contributed by atoms with Crippen LogP contribution >= 0.6 is 0 Å². The molecule has 0 bridgehead atoms. The molecule has 6 heterocycles. The Kier molecular flexibility index (Phi) is 9.05. The average Bonchev–Trinajstić information content (AvgIpc) is 3.70. The first kappa shape index (κ1) is 27.1. The number of aromatic amines is 1. The summed E-state index contributed by atoms with van der Waals surface area (Å²) in [4.78, 5) is 39.3. The van der Waals surface area contributed by atoms with E-state index in [1.807, 2.05) is 40.3 Å². The van der Waals surface area contributed by atoms with E-state index in [-0.39, 0.29) is 11.8 Å². The molecular weight excluding hydrogens is 492 g/mol. The number of hydrogen-bond donors (Lipinski definition) is 4. The molecule has 0 aliphatic carbocycles. The van der Waals surface area contributed by atoms with Crippen LogP contribution in [-0.4, -0.2) is 88.9 Å². The summed E-state index contributed by atoms with van der Waals surface area (Å²) in [6.45, 7) is 6.67. The molecule has 0 aromatic carbocycles.